The lowest BCUT2D eigenvalue weighted by Crippen LogP contribution is -2.21. The average molecular weight is 247 g/mol. The first kappa shape index (κ1) is 12.8. The van der Waals surface area contributed by atoms with Crippen LogP contribution in [0.1, 0.15) is 38.2 Å². The molecule has 18 heavy (non-hydrogen) atoms. The lowest BCUT2D eigenvalue weighted by atomic mass is 10.2. The molecule has 0 spiro atoms. The summed E-state index contributed by atoms with van der Waals surface area (Å²) >= 11 is 0. The summed E-state index contributed by atoms with van der Waals surface area (Å²) in [7, 11) is 0. The van der Waals surface area contributed by atoms with E-state index >= 15 is 0 Å². The molecule has 2 rings (SSSR count). The first-order chi connectivity index (χ1) is 8.74. The molecular formula is C13H21N5. The van der Waals surface area contributed by atoms with Gasteiger partial charge in [0.15, 0.2) is 0 Å². The van der Waals surface area contributed by atoms with E-state index in [1.807, 2.05) is 21.8 Å². The number of aromatic nitrogens is 4. The summed E-state index contributed by atoms with van der Waals surface area (Å²) in [5.41, 5.74) is 2.29. The Morgan fingerprint density at radius 2 is 2.11 bits per heavy atom. The molecule has 0 bridgehead atoms. The Labute approximate surface area is 108 Å². The second-order valence-electron chi connectivity index (χ2n) is 4.34. The van der Waals surface area contributed by atoms with Crippen LogP contribution in [0.3, 0.4) is 0 Å². The summed E-state index contributed by atoms with van der Waals surface area (Å²) in [6, 6.07) is 4.39. The van der Waals surface area contributed by atoms with Crippen molar-refractivity contribution in [2.24, 2.45) is 0 Å². The highest BCUT2D eigenvalue weighted by Crippen LogP contribution is 2.12. The zero-order chi connectivity index (χ0) is 13.0. The molecule has 1 atom stereocenters. The predicted molar refractivity (Wildman–Crippen MR) is 71.1 cm³/mol. The largest absolute Gasteiger partial charge is 0.303 e. The van der Waals surface area contributed by atoms with Crippen LogP contribution in [-0.2, 0) is 19.6 Å². The fourth-order valence-electron chi connectivity index (χ4n) is 2.01. The van der Waals surface area contributed by atoms with Gasteiger partial charge in [-0.3, -0.25) is 9.36 Å². The molecule has 0 radical (unpaired) electrons. The average Bonchev–Trinajstić information content (AvgIpc) is 3.04. The van der Waals surface area contributed by atoms with E-state index in [-0.39, 0.29) is 6.04 Å². The molecule has 2 aromatic heterocycles. The van der Waals surface area contributed by atoms with Crippen molar-refractivity contribution in [3.8, 4) is 0 Å². The third-order valence-electron chi connectivity index (χ3n) is 3.10. The molecule has 0 aliphatic carbocycles. The minimum absolute atomic E-state index is 0.277. The second kappa shape index (κ2) is 5.82. The van der Waals surface area contributed by atoms with E-state index in [0.29, 0.717) is 0 Å². The van der Waals surface area contributed by atoms with Gasteiger partial charge in [-0.25, -0.2) is 0 Å². The van der Waals surface area contributed by atoms with E-state index in [0.717, 1.165) is 25.3 Å². The van der Waals surface area contributed by atoms with Crippen LogP contribution in [0, 0.1) is 0 Å². The molecule has 0 fully saturated rings. The van der Waals surface area contributed by atoms with Crippen LogP contribution < -0.4 is 5.32 Å². The third kappa shape index (κ3) is 2.79. The van der Waals surface area contributed by atoms with Crippen molar-refractivity contribution in [3.05, 3.63) is 35.9 Å². The second-order valence-corrected chi connectivity index (χ2v) is 4.34. The molecule has 5 heteroatoms. The van der Waals surface area contributed by atoms with Gasteiger partial charge in [-0.1, -0.05) is 0 Å². The minimum atomic E-state index is 0.277. The van der Waals surface area contributed by atoms with Gasteiger partial charge in [-0.05, 0) is 32.9 Å². The van der Waals surface area contributed by atoms with Crippen molar-refractivity contribution < 1.29 is 0 Å². The molecule has 0 saturated heterocycles. The Kier molecular flexibility index (Phi) is 4.15. The number of nitrogens with zero attached hydrogens (tertiary/aromatic N) is 4. The van der Waals surface area contributed by atoms with Gasteiger partial charge >= 0.3 is 0 Å². The van der Waals surface area contributed by atoms with Gasteiger partial charge in [0.05, 0.1) is 11.4 Å². The standard InChI is InChI=1S/C13H21N5/c1-4-17-9-7-12(16-17)10-14-11(3)13-6-8-15-18(13)5-2/h6-9,11,14H,4-5,10H2,1-3H3. The first-order valence-electron chi connectivity index (χ1n) is 6.52. The van der Waals surface area contributed by atoms with Crippen molar-refractivity contribution in [1.29, 1.82) is 0 Å². The molecule has 0 aliphatic rings. The van der Waals surface area contributed by atoms with Crippen LogP contribution in [0.25, 0.3) is 0 Å². The molecule has 0 aliphatic heterocycles. The van der Waals surface area contributed by atoms with Gasteiger partial charge < -0.3 is 5.32 Å². The van der Waals surface area contributed by atoms with Gasteiger partial charge in [0, 0.05) is 38.1 Å². The van der Waals surface area contributed by atoms with Crippen LogP contribution in [0.2, 0.25) is 0 Å². The number of nitrogens with one attached hydrogen (secondary N) is 1. The Hall–Kier alpha value is -1.62. The van der Waals surface area contributed by atoms with Crippen molar-refractivity contribution in [1.82, 2.24) is 24.9 Å². The topological polar surface area (TPSA) is 47.7 Å². The van der Waals surface area contributed by atoms with E-state index in [4.69, 9.17) is 0 Å². The monoisotopic (exact) mass is 247 g/mol. The van der Waals surface area contributed by atoms with Crippen molar-refractivity contribution >= 4 is 0 Å². The summed E-state index contributed by atoms with van der Waals surface area (Å²) in [6.07, 6.45) is 3.86. The normalized spacial score (nSPS) is 12.8. The summed E-state index contributed by atoms with van der Waals surface area (Å²) in [6.45, 7) is 8.94. The summed E-state index contributed by atoms with van der Waals surface area (Å²) < 4.78 is 3.96. The van der Waals surface area contributed by atoms with E-state index < -0.39 is 0 Å². The Balaban J connectivity index is 1.93. The third-order valence-corrected chi connectivity index (χ3v) is 3.10. The first-order valence-corrected chi connectivity index (χ1v) is 6.52. The smallest absolute Gasteiger partial charge is 0.0762 e. The van der Waals surface area contributed by atoms with Gasteiger partial charge in [0.1, 0.15) is 0 Å². The summed E-state index contributed by atoms with van der Waals surface area (Å²) in [5.74, 6) is 0. The Morgan fingerprint density at radius 3 is 2.78 bits per heavy atom. The molecule has 98 valence electrons. The predicted octanol–water partition coefficient (Wildman–Crippen LogP) is 1.97. The highest BCUT2D eigenvalue weighted by Gasteiger charge is 2.10. The highest BCUT2D eigenvalue weighted by molar-refractivity contribution is 5.07. The zero-order valence-electron chi connectivity index (χ0n) is 11.3. The number of hydrogen-bond acceptors (Lipinski definition) is 3. The lowest BCUT2D eigenvalue weighted by Gasteiger charge is -2.14. The van der Waals surface area contributed by atoms with E-state index in [9.17, 15) is 0 Å². The zero-order valence-corrected chi connectivity index (χ0v) is 11.3. The van der Waals surface area contributed by atoms with Gasteiger partial charge in [0.2, 0.25) is 0 Å². The van der Waals surface area contributed by atoms with Crippen LogP contribution in [0.15, 0.2) is 24.5 Å². The van der Waals surface area contributed by atoms with E-state index in [1.165, 1.54) is 5.69 Å². The lowest BCUT2D eigenvalue weighted by molar-refractivity contribution is 0.502. The molecule has 5 nitrogen and oxygen atoms in total. The molecule has 2 heterocycles. The quantitative estimate of drug-likeness (QED) is 0.849. The maximum atomic E-state index is 4.46. The maximum Gasteiger partial charge on any atom is 0.0762 e. The highest BCUT2D eigenvalue weighted by atomic mass is 15.3. The van der Waals surface area contributed by atoms with Crippen LogP contribution in [0.5, 0.6) is 0 Å². The molecular weight excluding hydrogens is 226 g/mol. The molecule has 1 unspecified atom stereocenters. The molecule has 0 aromatic carbocycles. The molecule has 0 amide bonds. The van der Waals surface area contributed by atoms with Crippen molar-refractivity contribution in [3.63, 3.8) is 0 Å². The van der Waals surface area contributed by atoms with Crippen LogP contribution in [0.4, 0.5) is 0 Å². The minimum Gasteiger partial charge on any atom is -0.303 e. The van der Waals surface area contributed by atoms with Gasteiger partial charge in [-0.15, -0.1) is 0 Å². The fourth-order valence-corrected chi connectivity index (χ4v) is 2.01. The Bertz CT molecular complexity index is 485. The SMILES string of the molecule is CCn1ccc(CNC(C)c2ccnn2CC)n1. The van der Waals surface area contributed by atoms with Crippen LogP contribution >= 0.6 is 0 Å². The fraction of sp³-hybridized carbons (Fsp3) is 0.538. The molecule has 1 N–H and O–H groups in total. The maximum absolute atomic E-state index is 4.46. The van der Waals surface area contributed by atoms with Crippen molar-refractivity contribution in [2.75, 3.05) is 0 Å². The molecule has 0 saturated carbocycles. The Morgan fingerprint density at radius 1 is 1.28 bits per heavy atom. The summed E-state index contributed by atoms with van der Waals surface area (Å²) in [4.78, 5) is 0. The number of rotatable bonds is 6. The van der Waals surface area contributed by atoms with Gasteiger partial charge in [-0.2, -0.15) is 10.2 Å². The van der Waals surface area contributed by atoms with Crippen molar-refractivity contribution in [2.45, 2.75) is 46.4 Å². The molecule has 2 aromatic rings. The van der Waals surface area contributed by atoms with E-state index in [1.54, 1.807) is 0 Å². The van der Waals surface area contributed by atoms with Gasteiger partial charge in [0.25, 0.3) is 0 Å². The van der Waals surface area contributed by atoms with Crippen LogP contribution in [-0.4, -0.2) is 19.6 Å². The van der Waals surface area contributed by atoms with E-state index in [2.05, 4.69) is 48.4 Å². The number of hydrogen-bond donors (Lipinski definition) is 1. The number of aryl methyl sites for hydroxylation is 2. The summed E-state index contributed by atoms with van der Waals surface area (Å²) in [5, 5.41) is 12.2.